The van der Waals surface area contributed by atoms with Gasteiger partial charge < -0.3 is 5.32 Å². The zero-order chi connectivity index (χ0) is 14.3. The summed E-state index contributed by atoms with van der Waals surface area (Å²) in [6.07, 6.45) is 2.39. The molecule has 104 valence electrons. The Bertz CT molecular complexity index is 653. The minimum absolute atomic E-state index is 0.00534. The van der Waals surface area contributed by atoms with Gasteiger partial charge in [-0.1, -0.05) is 25.4 Å². The molecule has 7 heteroatoms. The van der Waals surface area contributed by atoms with Crippen LogP contribution in [-0.2, 0) is 4.79 Å². The Hall–Kier alpha value is -1.95. The number of amides is 1. The number of benzene rings is 1. The van der Waals surface area contributed by atoms with Crippen molar-refractivity contribution in [2.75, 3.05) is 5.32 Å². The maximum Gasteiger partial charge on any atom is 0.228 e. The van der Waals surface area contributed by atoms with E-state index in [0.717, 1.165) is 12.1 Å². The van der Waals surface area contributed by atoms with Crippen LogP contribution in [-0.4, -0.2) is 26.1 Å². The summed E-state index contributed by atoms with van der Waals surface area (Å²) in [6, 6.07) is 5.26. The van der Waals surface area contributed by atoms with Crippen molar-refractivity contribution in [1.82, 2.24) is 20.2 Å². The Kier molecular flexibility index (Phi) is 2.97. The van der Waals surface area contributed by atoms with Crippen LogP contribution >= 0.6 is 11.6 Å². The van der Waals surface area contributed by atoms with E-state index >= 15 is 0 Å². The second-order valence-corrected chi connectivity index (χ2v) is 6.06. The van der Waals surface area contributed by atoms with E-state index in [-0.39, 0.29) is 17.2 Å². The van der Waals surface area contributed by atoms with E-state index in [0.29, 0.717) is 10.7 Å². The first-order valence-corrected chi connectivity index (χ1v) is 6.69. The second kappa shape index (κ2) is 4.56. The molecule has 1 aromatic carbocycles. The molecule has 1 saturated carbocycles. The molecule has 1 aliphatic rings. The second-order valence-electron chi connectivity index (χ2n) is 5.65. The van der Waals surface area contributed by atoms with Gasteiger partial charge in [0.1, 0.15) is 6.33 Å². The Labute approximate surface area is 121 Å². The van der Waals surface area contributed by atoms with Gasteiger partial charge in [0.25, 0.3) is 0 Å². The van der Waals surface area contributed by atoms with E-state index in [1.54, 1.807) is 18.2 Å². The van der Waals surface area contributed by atoms with Crippen LogP contribution < -0.4 is 5.32 Å². The topological polar surface area (TPSA) is 72.7 Å². The lowest BCUT2D eigenvalue weighted by Gasteiger charge is -2.10. The van der Waals surface area contributed by atoms with Gasteiger partial charge in [0.15, 0.2) is 0 Å². The van der Waals surface area contributed by atoms with Gasteiger partial charge in [-0.2, -0.15) is 0 Å². The highest BCUT2D eigenvalue weighted by Crippen LogP contribution is 2.52. The third-order valence-electron chi connectivity index (χ3n) is 3.65. The number of nitrogens with zero attached hydrogens (tertiary/aromatic N) is 4. The summed E-state index contributed by atoms with van der Waals surface area (Å²) in [7, 11) is 0. The van der Waals surface area contributed by atoms with Gasteiger partial charge in [0, 0.05) is 5.92 Å². The molecule has 1 heterocycles. The average Bonchev–Trinajstić information content (AvgIpc) is 2.82. The summed E-state index contributed by atoms with van der Waals surface area (Å²) in [6.45, 7) is 4.16. The van der Waals surface area contributed by atoms with Gasteiger partial charge in [-0.15, -0.1) is 5.10 Å². The molecule has 1 amide bonds. The molecule has 1 N–H and O–H groups in total. The third kappa shape index (κ3) is 2.38. The van der Waals surface area contributed by atoms with Crippen molar-refractivity contribution in [2.24, 2.45) is 11.3 Å². The van der Waals surface area contributed by atoms with Crippen LogP contribution in [0.25, 0.3) is 5.69 Å². The molecule has 2 aromatic rings. The molecule has 6 nitrogen and oxygen atoms in total. The number of hydrogen-bond acceptors (Lipinski definition) is 4. The maximum absolute atomic E-state index is 12.1. The predicted molar refractivity (Wildman–Crippen MR) is 74.7 cm³/mol. The molecular formula is C13H14ClN5O. The average molecular weight is 292 g/mol. The molecule has 0 radical (unpaired) electrons. The summed E-state index contributed by atoms with van der Waals surface area (Å²) in [5.74, 6) is 0.0565. The van der Waals surface area contributed by atoms with Crippen LogP contribution in [0.4, 0.5) is 5.69 Å². The number of carbonyl (C=O) groups excluding carboxylic acids is 1. The summed E-state index contributed by atoms with van der Waals surface area (Å²) < 4.78 is 1.51. The van der Waals surface area contributed by atoms with Gasteiger partial charge in [-0.25, -0.2) is 4.68 Å². The maximum atomic E-state index is 12.1. The number of carbonyl (C=O) groups is 1. The number of halogens is 1. The molecule has 1 aliphatic carbocycles. The Morgan fingerprint density at radius 2 is 2.25 bits per heavy atom. The normalized spacial score (nSPS) is 19.6. The largest absolute Gasteiger partial charge is 0.324 e. The van der Waals surface area contributed by atoms with Gasteiger partial charge in [-0.3, -0.25) is 4.79 Å². The molecule has 0 saturated heterocycles. The summed E-state index contributed by atoms with van der Waals surface area (Å²) >= 11 is 6.12. The highest BCUT2D eigenvalue weighted by molar-refractivity contribution is 6.33. The van der Waals surface area contributed by atoms with Crippen molar-refractivity contribution in [3.8, 4) is 5.69 Å². The number of hydrogen-bond donors (Lipinski definition) is 1. The molecule has 3 rings (SSSR count). The first-order chi connectivity index (χ1) is 9.47. The van der Waals surface area contributed by atoms with Gasteiger partial charge in [0.05, 0.1) is 16.4 Å². The van der Waals surface area contributed by atoms with Crippen LogP contribution in [0, 0.1) is 11.3 Å². The van der Waals surface area contributed by atoms with Gasteiger partial charge in [0.2, 0.25) is 5.91 Å². The Morgan fingerprint density at radius 1 is 1.50 bits per heavy atom. The van der Waals surface area contributed by atoms with Crippen molar-refractivity contribution in [3.05, 3.63) is 29.5 Å². The van der Waals surface area contributed by atoms with E-state index in [9.17, 15) is 4.79 Å². The molecule has 1 aromatic heterocycles. The fraction of sp³-hybridized carbons (Fsp3) is 0.385. The van der Waals surface area contributed by atoms with Crippen LogP contribution in [0.1, 0.15) is 20.3 Å². The van der Waals surface area contributed by atoms with Crippen molar-refractivity contribution < 1.29 is 4.79 Å². The Balaban J connectivity index is 1.82. The van der Waals surface area contributed by atoms with Crippen molar-refractivity contribution in [1.29, 1.82) is 0 Å². The SMILES string of the molecule is CC1(C)C[C@@H]1C(=O)Nc1cc(-n2cnnn2)ccc1Cl. The lowest BCUT2D eigenvalue weighted by atomic mass is 10.1. The molecular weight excluding hydrogens is 278 g/mol. The fourth-order valence-electron chi connectivity index (χ4n) is 2.17. The minimum Gasteiger partial charge on any atom is -0.324 e. The van der Waals surface area contributed by atoms with Crippen LogP contribution in [0.3, 0.4) is 0 Å². The number of rotatable bonds is 3. The van der Waals surface area contributed by atoms with Crippen molar-refractivity contribution in [2.45, 2.75) is 20.3 Å². The van der Waals surface area contributed by atoms with E-state index in [4.69, 9.17) is 11.6 Å². The molecule has 1 fully saturated rings. The highest BCUT2D eigenvalue weighted by Gasteiger charge is 2.50. The molecule has 0 aliphatic heterocycles. The summed E-state index contributed by atoms with van der Waals surface area (Å²) in [4.78, 5) is 12.1. The van der Waals surface area contributed by atoms with Crippen LogP contribution in [0.2, 0.25) is 5.02 Å². The minimum atomic E-state index is 0.00534. The molecule has 0 bridgehead atoms. The quantitative estimate of drug-likeness (QED) is 0.942. The smallest absolute Gasteiger partial charge is 0.228 e. The predicted octanol–water partition coefficient (Wildman–Crippen LogP) is 2.30. The van der Waals surface area contributed by atoms with Crippen molar-refractivity contribution >= 4 is 23.2 Å². The number of tetrazole rings is 1. The van der Waals surface area contributed by atoms with E-state index in [1.807, 2.05) is 0 Å². The highest BCUT2D eigenvalue weighted by atomic mass is 35.5. The summed E-state index contributed by atoms with van der Waals surface area (Å²) in [5, 5.41) is 14.3. The fourth-order valence-corrected chi connectivity index (χ4v) is 2.33. The number of nitrogens with one attached hydrogen (secondary N) is 1. The lowest BCUT2D eigenvalue weighted by Crippen LogP contribution is -2.17. The van der Waals surface area contributed by atoms with Crippen LogP contribution in [0.15, 0.2) is 24.5 Å². The number of anilines is 1. The van der Waals surface area contributed by atoms with Gasteiger partial charge in [-0.05, 0) is 40.5 Å². The van der Waals surface area contributed by atoms with Crippen molar-refractivity contribution in [3.63, 3.8) is 0 Å². The zero-order valence-electron chi connectivity index (χ0n) is 11.2. The third-order valence-corrected chi connectivity index (χ3v) is 3.98. The molecule has 1 atom stereocenters. The van der Waals surface area contributed by atoms with E-state index < -0.39 is 0 Å². The monoisotopic (exact) mass is 291 g/mol. The van der Waals surface area contributed by atoms with E-state index in [1.165, 1.54) is 11.0 Å². The Morgan fingerprint density at radius 3 is 2.85 bits per heavy atom. The van der Waals surface area contributed by atoms with E-state index in [2.05, 4.69) is 34.7 Å². The first kappa shape index (κ1) is 13.1. The van der Waals surface area contributed by atoms with Gasteiger partial charge >= 0.3 is 0 Å². The number of aromatic nitrogens is 4. The molecule has 0 unspecified atom stereocenters. The first-order valence-electron chi connectivity index (χ1n) is 6.31. The standard InChI is InChI=1S/C13H14ClN5O/c1-13(2)6-9(13)12(20)16-11-5-8(3-4-10(11)14)19-7-15-17-18-19/h3-5,7,9H,6H2,1-2H3,(H,16,20)/t9-/m1/s1. The lowest BCUT2D eigenvalue weighted by molar-refractivity contribution is -0.117. The molecule has 0 spiro atoms. The van der Waals surface area contributed by atoms with Crippen LogP contribution in [0.5, 0.6) is 0 Å². The summed E-state index contributed by atoms with van der Waals surface area (Å²) in [5.41, 5.74) is 1.40. The zero-order valence-corrected chi connectivity index (χ0v) is 11.9. The molecule has 20 heavy (non-hydrogen) atoms.